The van der Waals surface area contributed by atoms with Gasteiger partial charge in [-0.05, 0) is 30.9 Å². The van der Waals surface area contributed by atoms with Crippen molar-refractivity contribution in [1.29, 1.82) is 0 Å². The first-order valence-corrected chi connectivity index (χ1v) is 6.80. The fourth-order valence-electron chi connectivity index (χ4n) is 2.47. The first-order valence-electron chi connectivity index (χ1n) is 6.80. The highest BCUT2D eigenvalue weighted by Crippen LogP contribution is 2.39. The number of aryl methyl sites for hydroxylation is 1. The number of alkyl halides is 3. The van der Waals surface area contributed by atoms with Crippen molar-refractivity contribution >= 4 is 5.57 Å². The van der Waals surface area contributed by atoms with Crippen LogP contribution in [0.3, 0.4) is 0 Å². The average Bonchev–Trinajstić information content (AvgIpc) is 2.45. The van der Waals surface area contributed by atoms with Gasteiger partial charge in [0.25, 0.3) is 0 Å². The zero-order valence-electron chi connectivity index (χ0n) is 11.8. The summed E-state index contributed by atoms with van der Waals surface area (Å²) in [5, 5.41) is 0. The smallest absolute Gasteiger partial charge is 0.416 e. The molecule has 0 bridgehead atoms. The monoisotopic (exact) mass is 294 g/mol. The van der Waals surface area contributed by atoms with Crippen LogP contribution < -0.4 is 4.74 Å². The number of para-hydroxylation sites is 1. The summed E-state index contributed by atoms with van der Waals surface area (Å²) < 4.78 is 45.2. The van der Waals surface area contributed by atoms with Gasteiger partial charge in [0.1, 0.15) is 5.75 Å². The lowest BCUT2D eigenvalue weighted by Crippen LogP contribution is -2.14. The van der Waals surface area contributed by atoms with Gasteiger partial charge < -0.3 is 4.74 Å². The van der Waals surface area contributed by atoms with E-state index in [9.17, 15) is 13.2 Å². The first-order chi connectivity index (χ1) is 9.99. The highest BCUT2D eigenvalue weighted by Gasteiger charge is 2.34. The minimum atomic E-state index is -4.45. The van der Waals surface area contributed by atoms with E-state index in [1.54, 1.807) is 25.1 Å². The molecule has 2 rings (SSSR count). The number of hydrogen-bond donors (Lipinski definition) is 0. The molecule has 1 heterocycles. The van der Waals surface area contributed by atoms with Crippen LogP contribution in [0, 0.1) is 0 Å². The molecule has 0 aliphatic carbocycles. The molecule has 1 aromatic carbocycles. The summed E-state index contributed by atoms with van der Waals surface area (Å²) in [5.74, 6) is 0.556. The van der Waals surface area contributed by atoms with Gasteiger partial charge in [-0.3, -0.25) is 0 Å². The normalized spacial score (nSPS) is 16.2. The van der Waals surface area contributed by atoms with Gasteiger partial charge in [0, 0.05) is 5.56 Å². The molecule has 1 aliphatic rings. The van der Waals surface area contributed by atoms with E-state index >= 15 is 0 Å². The Labute approximate surface area is 122 Å². The molecule has 0 amide bonds. The molecule has 0 unspecified atom stereocenters. The summed E-state index contributed by atoms with van der Waals surface area (Å²) in [6, 6.07) is 5.32. The lowest BCUT2D eigenvalue weighted by molar-refractivity contribution is -0.0875. The Balaban J connectivity index is 2.70. The van der Waals surface area contributed by atoms with Crippen LogP contribution in [0.1, 0.15) is 24.5 Å². The second-order valence-electron chi connectivity index (χ2n) is 4.78. The Morgan fingerprint density at radius 1 is 1.33 bits per heavy atom. The predicted molar refractivity (Wildman–Crippen MR) is 78.2 cm³/mol. The van der Waals surface area contributed by atoms with Gasteiger partial charge >= 0.3 is 6.18 Å². The minimum Gasteiger partial charge on any atom is -0.493 e. The standard InChI is InChI=1S/C17H17F3O/c1-3-7-13(15(4-2)17(18,19)20)14-10-5-8-12-9-6-11-21-16(12)14/h3-5,7-8,10H,2,6,9,11H2,1H3/b7-3-,15-13-. The van der Waals surface area contributed by atoms with Crippen molar-refractivity contribution in [1.82, 2.24) is 0 Å². The molecule has 0 fully saturated rings. The lowest BCUT2D eigenvalue weighted by atomic mass is 9.93. The number of ether oxygens (including phenoxy) is 1. The highest BCUT2D eigenvalue weighted by molar-refractivity contribution is 5.83. The van der Waals surface area contributed by atoms with Gasteiger partial charge in [0.15, 0.2) is 0 Å². The summed E-state index contributed by atoms with van der Waals surface area (Å²) in [6.45, 7) is 5.53. The molecule has 1 aromatic rings. The van der Waals surface area contributed by atoms with E-state index in [-0.39, 0.29) is 5.57 Å². The van der Waals surface area contributed by atoms with Gasteiger partial charge in [0.05, 0.1) is 12.2 Å². The number of allylic oxidation sites excluding steroid dienone is 5. The Morgan fingerprint density at radius 2 is 2.10 bits per heavy atom. The van der Waals surface area contributed by atoms with E-state index in [0.717, 1.165) is 24.5 Å². The second kappa shape index (κ2) is 6.20. The zero-order chi connectivity index (χ0) is 15.5. The topological polar surface area (TPSA) is 9.23 Å². The summed E-state index contributed by atoms with van der Waals surface area (Å²) in [7, 11) is 0. The molecule has 0 spiro atoms. The van der Waals surface area contributed by atoms with Crippen molar-refractivity contribution in [2.45, 2.75) is 25.9 Å². The third-order valence-electron chi connectivity index (χ3n) is 3.36. The molecule has 0 saturated carbocycles. The van der Waals surface area contributed by atoms with Gasteiger partial charge in [-0.2, -0.15) is 13.2 Å². The fourth-order valence-corrected chi connectivity index (χ4v) is 2.47. The van der Waals surface area contributed by atoms with Gasteiger partial charge in [-0.15, -0.1) is 0 Å². The number of benzene rings is 1. The molecular formula is C17H17F3O. The van der Waals surface area contributed by atoms with Crippen LogP contribution in [-0.2, 0) is 6.42 Å². The van der Waals surface area contributed by atoms with Crippen LogP contribution in [0.4, 0.5) is 13.2 Å². The summed E-state index contributed by atoms with van der Waals surface area (Å²) >= 11 is 0. The number of fused-ring (bicyclic) bond motifs is 1. The van der Waals surface area contributed by atoms with Gasteiger partial charge in [-0.1, -0.05) is 43.0 Å². The number of hydrogen-bond acceptors (Lipinski definition) is 1. The molecule has 1 aliphatic heterocycles. The lowest BCUT2D eigenvalue weighted by Gasteiger charge is -2.22. The SMILES string of the molecule is C=C/C(=C(\C=C/C)c1cccc2c1OCCC2)C(F)(F)F. The van der Waals surface area contributed by atoms with Crippen molar-refractivity contribution in [2.75, 3.05) is 6.61 Å². The van der Waals surface area contributed by atoms with E-state index in [1.807, 2.05) is 6.07 Å². The van der Waals surface area contributed by atoms with E-state index in [0.29, 0.717) is 17.9 Å². The van der Waals surface area contributed by atoms with Crippen LogP contribution >= 0.6 is 0 Å². The molecule has 0 atom stereocenters. The Bertz CT molecular complexity index is 595. The highest BCUT2D eigenvalue weighted by atomic mass is 19.4. The maximum atomic E-state index is 13.2. The van der Waals surface area contributed by atoms with Crippen LogP contribution in [-0.4, -0.2) is 12.8 Å². The quantitative estimate of drug-likeness (QED) is 0.706. The van der Waals surface area contributed by atoms with E-state index in [4.69, 9.17) is 4.74 Å². The van der Waals surface area contributed by atoms with Crippen molar-refractivity contribution in [2.24, 2.45) is 0 Å². The molecule has 0 saturated heterocycles. The fraction of sp³-hybridized carbons (Fsp3) is 0.294. The second-order valence-corrected chi connectivity index (χ2v) is 4.78. The van der Waals surface area contributed by atoms with E-state index in [1.165, 1.54) is 6.08 Å². The maximum absolute atomic E-state index is 13.2. The van der Waals surface area contributed by atoms with E-state index in [2.05, 4.69) is 6.58 Å². The largest absolute Gasteiger partial charge is 0.493 e. The first kappa shape index (κ1) is 15.4. The molecular weight excluding hydrogens is 277 g/mol. The summed E-state index contributed by atoms with van der Waals surface area (Å²) in [5.41, 5.74) is 0.769. The van der Waals surface area contributed by atoms with Crippen LogP contribution in [0.15, 0.2) is 48.6 Å². The van der Waals surface area contributed by atoms with Gasteiger partial charge in [0.2, 0.25) is 0 Å². The number of halogens is 3. The predicted octanol–water partition coefficient (Wildman–Crippen LogP) is 5.09. The number of rotatable bonds is 3. The molecule has 0 radical (unpaired) electrons. The molecule has 112 valence electrons. The van der Waals surface area contributed by atoms with Gasteiger partial charge in [-0.25, -0.2) is 0 Å². The zero-order valence-corrected chi connectivity index (χ0v) is 11.8. The van der Waals surface area contributed by atoms with Crippen LogP contribution in [0.25, 0.3) is 5.57 Å². The van der Waals surface area contributed by atoms with E-state index < -0.39 is 11.7 Å². The third kappa shape index (κ3) is 3.20. The van der Waals surface area contributed by atoms with Crippen LogP contribution in [0.5, 0.6) is 5.75 Å². The molecule has 0 aromatic heterocycles. The van der Waals surface area contributed by atoms with Crippen LogP contribution in [0.2, 0.25) is 0 Å². The van der Waals surface area contributed by atoms with Crippen molar-refractivity contribution in [3.8, 4) is 5.75 Å². The van der Waals surface area contributed by atoms with Crippen molar-refractivity contribution < 1.29 is 17.9 Å². The molecule has 0 N–H and O–H groups in total. The molecule has 4 heteroatoms. The summed E-state index contributed by atoms with van der Waals surface area (Å²) in [6.07, 6.45) is 1.16. The third-order valence-corrected chi connectivity index (χ3v) is 3.36. The molecule has 1 nitrogen and oxygen atoms in total. The van der Waals surface area contributed by atoms with Crippen molar-refractivity contribution in [3.63, 3.8) is 0 Å². The summed E-state index contributed by atoms with van der Waals surface area (Å²) in [4.78, 5) is 0. The maximum Gasteiger partial charge on any atom is 0.416 e. The Hall–Kier alpha value is -1.97. The molecule has 21 heavy (non-hydrogen) atoms. The minimum absolute atomic E-state index is 0.0961. The Morgan fingerprint density at radius 3 is 2.71 bits per heavy atom. The Kier molecular flexibility index (Phi) is 4.56. The average molecular weight is 294 g/mol. The van der Waals surface area contributed by atoms with Crippen molar-refractivity contribution in [3.05, 3.63) is 59.7 Å².